The Hall–Kier alpha value is -2.20. The fourth-order valence-electron chi connectivity index (χ4n) is 3.00. The van der Waals surface area contributed by atoms with E-state index in [2.05, 4.69) is 4.98 Å². The number of nitrogens with two attached hydrogens (primary N) is 1. The minimum absolute atomic E-state index is 0.182. The Bertz CT molecular complexity index is 808. The maximum Gasteiger partial charge on any atom is 0.129 e. The van der Waals surface area contributed by atoms with Crippen molar-refractivity contribution in [1.29, 1.82) is 0 Å². The van der Waals surface area contributed by atoms with E-state index in [-0.39, 0.29) is 5.92 Å². The van der Waals surface area contributed by atoms with Crippen molar-refractivity contribution in [2.75, 3.05) is 6.54 Å². The number of aromatic amines is 1. The van der Waals surface area contributed by atoms with Gasteiger partial charge in [-0.25, -0.2) is 8.78 Å². The summed E-state index contributed by atoms with van der Waals surface area (Å²) in [4.78, 5) is 3.34. The molecule has 3 rings (SSSR count). The van der Waals surface area contributed by atoms with Crippen LogP contribution in [-0.2, 0) is 6.42 Å². The summed E-state index contributed by atoms with van der Waals surface area (Å²) in [6.07, 6.45) is 0.620. The SMILES string of the molecule is Cc1[nH]c2ccccc2c1CC(CN)c1ccc(F)cc1F. The largest absolute Gasteiger partial charge is 0.358 e. The summed E-state index contributed by atoms with van der Waals surface area (Å²) < 4.78 is 27.1. The molecule has 0 saturated carbocycles. The van der Waals surface area contributed by atoms with E-state index in [1.54, 1.807) is 0 Å². The summed E-state index contributed by atoms with van der Waals surface area (Å²) in [6.45, 7) is 2.31. The standard InChI is InChI=1S/C18H18F2N2/c1-11-16(15-4-2-3-5-18(15)22-11)8-12(10-21)14-7-6-13(19)9-17(14)20/h2-7,9,12,22H,8,10,21H2,1H3. The number of hydrogen-bond donors (Lipinski definition) is 2. The van der Waals surface area contributed by atoms with E-state index in [0.29, 0.717) is 18.5 Å². The lowest BCUT2D eigenvalue weighted by molar-refractivity contribution is 0.551. The van der Waals surface area contributed by atoms with Crippen LogP contribution < -0.4 is 5.73 Å². The molecule has 0 amide bonds. The number of aryl methyl sites for hydroxylation is 1. The number of hydrogen-bond acceptors (Lipinski definition) is 1. The zero-order valence-corrected chi connectivity index (χ0v) is 12.4. The smallest absolute Gasteiger partial charge is 0.129 e. The van der Waals surface area contributed by atoms with E-state index < -0.39 is 11.6 Å². The van der Waals surface area contributed by atoms with Gasteiger partial charge in [0, 0.05) is 28.6 Å². The number of H-pyrrole nitrogens is 1. The fraction of sp³-hybridized carbons (Fsp3) is 0.222. The van der Waals surface area contributed by atoms with Crippen LogP contribution in [-0.4, -0.2) is 11.5 Å². The van der Waals surface area contributed by atoms with Crippen molar-refractivity contribution in [3.8, 4) is 0 Å². The predicted octanol–water partition coefficient (Wildman–Crippen LogP) is 4.04. The van der Waals surface area contributed by atoms with Crippen LogP contribution in [0.25, 0.3) is 10.9 Å². The van der Waals surface area contributed by atoms with Gasteiger partial charge >= 0.3 is 0 Å². The Balaban J connectivity index is 2.00. The zero-order chi connectivity index (χ0) is 15.7. The Morgan fingerprint density at radius 3 is 2.64 bits per heavy atom. The average Bonchev–Trinajstić information content (AvgIpc) is 2.81. The van der Waals surface area contributed by atoms with Crippen molar-refractivity contribution < 1.29 is 8.78 Å². The van der Waals surface area contributed by atoms with Gasteiger partial charge in [-0.05, 0) is 43.1 Å². The second kappa shape index (κ2) is 5.89. The van der Waals surface area contributed by atoms with E-state index in [1.165, 1.54) is 12.1 Å². The fourth-order valence-corrected chi connectivity index (χ4v) is 3.00. The normalized spacial score (nSPS) is 12.7. The zero-order valence-electron chi connectivity index (χ0n) is 12.4. The molecule has 0 bridgehead atoms. The highest BCUT2D eigenvalue weighted by molar-refractivity contribution is 5.84. The van der Waals surface area contributed by atoms with Gasteiger partial charge < -0.3 is 10.7 Å². The van der Waals surface area contributed by atoms with Crippen LogP contribution in [0.15, 0.2) is 42.5 Å². The summed E-state index contributed by atoms with van der Waals surface area (Å²) in [7, 11) is 0. The number of aromatic nitrogens is 1. The third-order valence-electron chi connectivity index (χ3n) is 4.16. The van der Waals surface area contributed by atoms with E-state index >= 15 is 0 Å². The topological polar surface area (TPSA) is 41.8 Å². The number of halogens is 2. The molecule has 1 atom stereocenters. The number of nitrogens with one attached hydrogen (secondary N) is 1. The van der Waals surface area contributed by atoms with Crippen LogP contribution in [0.5, 0.6) is 0 Å². The van der Waals surface area contributed by atoms with E-state index in [4.69, 9.17) is 5.73 Å². The van der Waals surface area contributed by atoms with Crippen LogP contribution in [0.4, 0.5) is 8.78 Å². The molecule has 3 aromatic rings. The van der Waals surface area contributed by atoms with Crippen molar-refractivity contribution in [1.82, 2.24) is 4.98 Å². The molecule has 2 nitrogen and oxygen atoms in total. The Morgan fingerprint density at radius 1 is 1.14 bits per heavy atom. The van der Waals surface area contributed by atoms with Gasteiger partial charge in [-0.3, -0.25) is 0 Å². The maximum absolute atomic E-state index is 14.0. The first-order valence-corrected chi connectivity index (χ1v) is 7.31. The van der Waals surface area contributed by atoms with Gasteiger partial charge in [0.2, 0.25) is 0 Å². The second-order valence-electron chi connectivity index (χ2n) is 5.58. The van der Waals surface area contributed by atoms with E-state index in [1.807, 2.05) is 31.2 Å². The van der Waals surface area contributed by atoms with Gasteiger partial charge in [0.25, 0.3) is 0 Å². The summed E-state index contributed by atoms with van der Waals surface area (Å²) in [5.74, 6) is -1.29. The average molecular weight is 300 g/mol. The molecule has 0 aliphatic heterocycles. The molecule has 114 valence electrons. The Labute approximate surface area is 128 Å². The molecule has 0 spiro atoms. The third-order valence-corrected chi connectivity index (χ3v) is 4.16. The van der Waals surface area contributed by atoms with Crippen molar-refractivity contribution in [3.63, 3.8) is 0 Å². The number of benzene rings is 2. The number of para-hydroxylation sites is 1. The molecule has 4 heteroatoms. The summed E-state index contributed by atoms with van der Waals surface area (Å²) in [6, 6.07) is 11.7. The van der Waals surface area contributed by atoms with Gasteiger partial charge in [0.15, 0.2) is 0 Å². The molecule has 0 saturated heterocycles. The van der Waals surface area contributed by atoms with Crippen molar-refractivity contribution in [2.45, 2.75) is 19.3 Å². The van der Waals surface area contributed by atoms with Crippen LogP contribution >= 0.6 is 0 Å². The van der Waals surface area contributed by atoms with Gasteiger partial charge in [0.05, 0.1) is 0 Å². The highest BCUT2D eigenvalue weighted by Crippen LogP contribution is 2.29. The second-order valence-corrected chi connectivity index (χ2v) is 5.58. The van der Waals surface area contributed by atoms with Gasteiger partial charge in [0.1, 0.15) is 11.6 Å². The highest BCUT2D eigenvalue weighted by atomic mass is 19.1. The Morgan fingerprint density at radius 2 is 1.91 bits per heavy atom. The molecule has 22 heavy (non-hydrogen) atoms. The number of fused-ring (bicyclic) bond motifs is 1. The molecule has 3 N–H and O–H groups in total. The summed E-state index contributed by atoms with van der Waals surface area (Å²) in [5, 5.41) is 1.13. The van der Waals surface area contributed by atoms with Gasteiger partial charge in [-0.1, -0.05) is 24.3 Å². The molecule has 0 aliphatic carbocycles. The van der Waals surface area contributed by atoms with Crippen LogP contribution in [0.3, 0.4) is 0 Å². The Kier molecular flexibility index (Phi) is 3.94. The van der Waals surface area contributed by atoms with Crippen LogP contribution in [0.1, 0.15) is 22.7 Å². The molecule has 1 unspecified atom stereocenters. The highest BCUT2D eigenvalue weighted by Gasteiger charge is 2.19. The third kappa shape index (κ3) is 2.62. The first-order chi connectivity index (χ1) is 10.6. The monoisotopic (exact) mass is 300 g/mol. The van der Waals surface area contributed by atoms with E-state index in [0.717, 1.165) is 28.2 Å². The van der Waals surface area contributed by atoms with Crippen molar-refractivity contribution in [2.24, 2.45) is 5.73 Å². The minimum atomic E-state index is -0.569. The first kappa shape index (κ1) is 14.7. The maximum atomic E-state index is 14.0. The first-order valence-electron chi connectivity index (χ1n) is 7.31. The molecular weight excluding hydrogens is 282 g/mol. The molecule has 0 aliphatic rings. The quantitative estimate of drug-likeness (QED) is 0.750. The molecular formula is C18H18F2N2. The molecule has 1 heterocycles. The lowest BCUT2D eigenvalue weighted by Gasteiger charge is -2.16. The van der Waals surface area contributed by atoms with Crippen LogP contribution in [0, 0.1) is 18.6 Å². The van der Waals surface area contributed by atoms with E-state index in [9.17, 15) is 8.78 Å². The van der Waals surface area contributed by atoms with Crippen molar-refractivity contribution >= 4 is 10.9 Å². The molecule has 0 fully saturated rings. The summed E-state index contributed by atoms with van der Waals surface area (Å²) >= 11 is 0. The van der Waals surface area contributed by atoms with Gasteiger partial charge in [-0.15, -0.1) is 0 Å². The van der Waals surface area contributed by atoms with Gasteiger partial charge in [-0.2, -0.15) is 0 Å². The predicted molar refractivity (Wildman–Crippen MR) is 84.9 cm³/mol. The number of rotatable bonds is 4. The van der Waals surface area contributed by atoms with Crippen LogP contribution in [0.2, 0.25) is 0 Å². The minimum Gasteiger partial charge on any atom is -0.358 e. The van der Waals surface area contributed by atoms with Crippen molar-refractivity contribution in [3.05, 3.63) is 70.9 Å². The molecule has 2 aromatic carbocycles. The molecule has 0 radical (unpaired) electrons. The lowest BCUT2D eigenvalue weighted by Crippen LogP contribution is -2.16. The lowest BCUT2D eigenvalue weighted by atomic mass is 9.90. The molecule has 1 aromatic heterocycles. The summed E-state index contributed by atoms with van der Waals surface area (Å²) in [5.41, 5.74) is 9.57.